The van der Waals surface area contributed by atoms with E-state index in [9.17, 15) is 8.78 Å². The minimum Gasteiger partial charge on any atom is -0.488 e. The number of rotatable bonds is 4. The lowest BCUT2D eigenvalue weighted by atomic mass is 10.2. The number of halogens is 2. The highest BCUT2D eigenvalue weighted by Gasteiger charge is 2.06. The fourth-order valence-electron chi connectivity index (χ4n) is 1.58. The van der Waals surface area contributed by atoms with Crippen molar-refractivity contribution in [2.24, 2.45) is 0 Å². The fraction of sp³-hybridized carbons (Fsp3) is 0.143. The van der Waals surface area contributed by atoms with E-state index < -0.39 is 11.6 Å². The Morgan fingerprint density at radius 2 is 1.78 bits per heavy atom. The Balaban J connectivity index is 2.14. The van der Waals surface area contributed by atoms with E-state index in [2.05, 4.69) is 0 Å². The van der Waals surface area contributed by atoms with Crippen molar-refractivity contribution in [2.45, 2.75) is 13.2 Å². The lowest BCUT2D eigenvalue weighted by Gasteiger charge is -2.10. The van der Waals surface area contributed by atoms with Gasteiger partial charge in [0.15, 0.2) is 0 Å². The molecule has 18 heavy (non-hydrogen) atoms. The van der Waals surface area contributed by atoms with Crippen LogP contribution in [0.15, 0.2) is 42.5 Å². The first-order valence-electron chi connectivity index (χ1n) is 5.46. The van der Waals surface area contributed by atoms with Crippen molar-refractivity contribution in [1.29, 1.82) is 0 Å². The van der Waals surface area contributed by atoms with E-state index in [1.165, 1.54) is 0 Å². The second-order valence-corrected chi connectivity index (χ2v) is 3.79. The average Bonchev–Trinajstić information content (AvgIpc) is 2.40. The molecular weight excluding hydrogens is 238 g/mol. The summed E-state index contributed by atoms with van der Waals surface area (Å²) in [5.74, 6) is -0.563. The standard InChI is InChI=1S/C14H12F2O2/c15-12-5-6-13(16)11(7-12)9-18-14-4-2-1-3-10(14)8-17/h1-7,17H,8-9H2. The molecule has 0 aliphatic carbocycles. The summed E-state index contributed by atoms with van der Waals surface area (Å²) in [6.07, 6.45) is 0. The lowest BCUT2D eigenvalue weighted by molar-refractivity contribution is 0.257. The minimum atomic E-state index is -0.516. The number of ether oxygens (including phenoxy) is 1. The molecule has 0 heterocycles. The van der Waals surface area contributed by atoms with Crippen LogP contribution < -0.4 is 4.74 Å². The number of hydrogen-bond acceptors (Lipinski definition) is 2. The summed E-state index contributed by atoms with van der Waals surface area (Å²) < 4.78 is 31.7. The van der Waals surface area contributed by atoms with Crippen LogP contribution in [0, 0.1) is 11.6 Å². The quantitative estimate of drug-likeness (QED) is 0.903. The smallest absolute Gasteiger partial charge is 0.130 e. The zero-order valence-electron chi connectivity index (χ0n) is 9.57. The Labute approximate surface area is 103 Å². The van der Waals surface area contributed by atoms with Crippen molar-refractivity contribution in [3.05, 3.63) is 65.2 Å². The first-order chi connectivity index (χ1) is 8.70. The highest BCUT2D eigenvalue weighted by molar-refractivity contribution is 5.33. The molecule has 0 saturated carbocycles. The molecule has 0 aliphatic rings. The molecule has 0 aromatic heterocycles. The Morgan fingerprint density at radius 3 is 2.56 bits per heavy atom. The van der Waals surface area contributed by atoms with Gasteiger partial charge in [0, 0.05) is 11.1 Å². The van der Waals surface area contributed by atoms with Crippen molar-refractivity contribution >= 4 is 0 Å². The van der Waals surface area contributed by atoms with E-state index in [1.807, 2.05) is 0 Å². The maximum absolute atomic E-state index is 13.4. The molecule has 2 aromatic rings. The normalized spacial score (nSPS) is 10.4. The molecule has 0 aliphatic heterocycles. The molecule has 0 fully saturated rings. The van der Waals surface area contributed by atoms with Gasteiger partial charge in [-0.05, 0) is 24.3 Å². The summed E-state index contributed by atoms with van der Waals surface area (Å²) in [5, 5.41) is 9.10. The van der Waals surface area contributed by atoms with E-state index in [0.29, 0.717) is 11.3 Å². The monoisotopic (exact) mass is 250 g/mol. The maximum Gasteiger partial charge on any atom is 0.130 e. The van der Waals surface area contributed by atoms with Gasteiger partial charge in [-0.25, -0.2) is 8.78 Å². The average molecular weight is 250 g/mol. The Kier molecular flexibility index (Phi) is 3.89. The summed E-state index contributed by atoms with van der Waals surface area (Å²) in [5.41, 5.74) is 0.747. The minimum absolute atomic E-state index is 0.0827. The number of aliphatic hydroxyl groups is 1. The molecule has 2 nitrogen and oxygen atoms in total. The van der Waals surface area contributed by atoms with Crippen LogP contribution in [-0.2, 0) is 13.2 Å². The van der Waals surface area contributed by atoms with Crippen molar-refractivity contribution < 1.29 is 18.6 Å². The number of benzene rings is 2. The summed E-state index contributed by atoms with van der Waals surface area (Å²) in [6, 6.07) is 10.1. The van der Waals surface area contributed by atoms with Gasteiger partial charge in [-0.15, -0.1) is 0 Å². The topological polar surface area (TPSA) is 29.5 Å². The summed E-state index contributed by atoms with van der Waals surface area (Å²) in [6.45, 7) is -0.248. The fourth-order valence-corrected chi connectivity index (χ4v) is 1.58. The van der Waals surface area contributed by atoms with Gasteiger partial charge in [0.25, 0.3) is 0 Å². The molecule has 0 spiro atoms. The molecule has 4 heteroatoms. The highest BCUT2D eigenvalue weighted by Crippen LogP contribution is 2.20. The van der Waals surface area contributed by atoms with Crippen molar-refractivity contribution in [2.75, 3.05) is 0 Å². The zero-order valence-corrected chi connectivity index (χ0v) is 9.57. The van der Waals surface area contributed by atoms with Crippen LogP contribution in [0.3, 0.4) is 0 Å². The van der Waals surface area contributed by atoms with Crippen LogP contribution in [0.5, 0.6) is 5.75 Å². The van der Waals surface area contributed by atoms with Gasteiger partial charge in [0.05, 0.1) is 6.61 Å². The molecule has 0 amide bonds. The van der Waals surface area contributed by atoms with E-state index in [0.717, 1.165) is 18.2 Å². The number of aliphatic hydroxyl groups excluding tert-OH is 1. The third kappa shape index (κ3) is 2.84. The molecule has 0 bridgehead atoms. The van der Waals surface area contributed by atoms with Crippen LogP contribution in [0.2, 0.25) is 0 Å². The van der Waals surface area contributed by atoms with Gasteiger partial charge in [-0.1, -0.05) is 18.2 Å². The van der Waals surface area contributed by atoms with Gasteiger partial charge < -0.3 is 9.84 Å². The molecule has 94 valence electrons. The molecule has 0 saturated heterocycles. The number of hydrogen-bond donors (Lipinski definition) is 1. The van der Waals surface area contributed by atoms with Crippen molar-refractivity contribution in [3.63, 3.8) is 0 Å². The molecular formula is C14H12F2O2. The molecule has 2 rings (SSSR count). The van der Waals surface area contributed by atoms with E-state index in [-0.39, 0.29) is 18.8 Å². The predicted octanol–water partition coefficient (Wildman–Crippen LogP) is 3.04. The second-order valence-electron chi connectivity index (χ2n) is 3.79. The molecule has 1 N–H and O–H groups in total. The van der Waals surface area contributed by atoms with Gasteiger partial charge in [-0.2, -0.15) is 0 Å². The largest absolute Gasteiger partial charge is 0.488 e. The second kappa shape index (κ2) is 5.60. The van der Waals surface area contributed by atoms with Crippen molar-refractivity contribution in [1.82, 2.24) is 0 Å². The van der Waals surface area contributed by atoms with Gasteiger partial charge >= 0.3 is 0 Å². The Bertz CT molecular complexity index is 541. The molecule has 0 radical (unpaired) electrons. The highest BCUT2D eigenvalue weighted by atomic mass is 19.1. The van der Waals surface area contributed by atoms with Crippen LogP contribution >= 0.6 is 0 Å². The third-order valence-corrected chi connectivity index (χ3v) is 2.53. The first kappa shape index (κ1) is 12.5. The molecule has 2 aromatic carbocycles. The van der Waals surface area contributed by atoms with Crippen molar-refractivity contribution in [3.8, 4) is 5.75 Å². The molecule has 0 unspecified atom stereocenters. The first-order valence-corrected chi connectivity index (χ1v) is 5.46. The van der Waals surface area contributed by atoms with Crippen LogP contribution in [0.1, 0.15) is 11.1 Å². The van der Waals surface area contributed by atoms with Gasteiger partial charge in [0.2, 0.25) is 0 Å². The maximum atomic E-state index is 13.4. The third-order valence-electron chi connectivity index (χ3n) is 2.53. The van der Waals surface area contributed by atoms with E-state index in [1.54, 1.807) is 24.3 Å². The van der Waals surface area contributed by atoms with Crippen LogP contribution in [0.25, 0.3) is 0 Å². The number of para-hydroxylation sites is 1. The van der Waals surface area contributed by atoms with Gasteiger partial charge in [-0.3, -0.25) is 0 Å². The Morgan fingerprint density at radius 1 is 1.00 bits per heavy atom. The van der Waals surface area contributed by atoms with E-state index >= 15 is 0 Å². The summed E-state index contributed by atoms with van der Waals surface area (Å²) in [7, 11) is 0. The Hall–Kier alpha value is -1.94. The van der Waals surface area contributed by atoms with Gasteiger partial charge in [0.1, 0.15) is 24.0 Å². The van der Waals surface area contributed by atoms with E-state index in [4.69, 9.17) is 9.84 Å². The predicted molar refractivity (Wildman–Crippen MR) is 63.1 cm³/mol. The van der Waals surface area contributed by atoms with Crippen LogP contribution in [-0.4, -0.2) is 5.11 Å². The van der Waals surface area contributed by atoms with Crippen LogP contribution in [0.4, 0.5) is 8.78 Å². The SMILES string of the molecule is OCc1ccccc1OCc1cc(F)ccc1F. The molecule has 0 atom stereocenters. The summed E-state index contributed by atoms with van der Waals surface area (Å²) >= 11 is 0. The summed E-state index contributed by atoms with van der Waals surface area (Å²) in [4.78, 5) is 0. The zero-order chi connectivity index (χ0) is 13.0. The lowest BCUT2D eigenvalue weighted by Crippen LogP contribution is -2.01.